The van der Waals surface area contributed by atoms with Crippen LogP contribution in [0.25, 0.3) is 10.8 Å². The third-order valence-electron chi connectivity index (χ3n) is 4.04. The maximum Gasteiger partial charge on any atom is 0.251 e. The lowest BCUT2D eigenvalue weighted by Crippen LogP contribution is -2.22. The standard InChI is InChI=1S/C21H23NO3/c1-15(2)9-11-25-20-13-17(12-16-6-3-4-8-19(16)20)21(23)22-14-18-7-5-10-24-18/h3-8,10,12-13,15H,9,11,14H2,1-2H3,(H,22,23). The van der Waals surface area contributed by atoms with Gasteiger partial charge in [0, 0.05) is 10.9 Å². The SMILES string of the molecule is CC(C)CCOc1cc(C(=O)NCc2ccco2)cc2ccccc12. The van der Waals surface area contributed by atoms with Gasteiger partial charge in [0.1, 0.15) is 11.5 Å². The molecule has 130 valence electrons. The summed E-state index contributed by atoms with van der Waals surface area (Å²) in [5.74, 6) is 1.91. The predicted octanol–water partition coefficient (Wildman–Crippen LogP) is 4.79. The van der Waals surface area contributed by atoms with Crippen molar-refractivity contribution in [2.24, 2.45) is 5.92 Å². The van der Waals surface area contributed by atoms with Crippen LogP contribution in [-0.2, 0) is 6.54 Å². The fraction of sp³-hybridized carbons (Fsp3) is 0.286. The molecule has 3 rings (SSSR count). The molecule has 4 heteroatoms. The minimum absolute atomic E-state index is 0.143. The van der Waals surface area contributed by atoms with Gasteiger partial charge >= 0.3 is 0 Å². The lowest BCUT2D eigenvalue weighted by Gasteiger charge is -2.13. The average Bonchev–Trinajstić information content (AvgIpc) is 3.12. The number of furan rings is 1. The molecule has 0 fully saturated rings. The van der Waals surface area contributed by atoms with Crippen LogP contribution in [0.1, 0.15) is 36.4 Å². The number of carbonyl (C=O) groups is 1. The number of rotatable bonds is 7. The lowest BCUT2D eigenvalue weighted by atomic mass is 10.1. The van der Waals surface area contributed by atoms with Crippen LogP contribution in [-0.4, -0.2) is 12.5 Å². The molecular weight excluding hydrogens is 314 g/mol. The van der Waals surface area contributed by atoms with Crippen molar-refractivity contribution in [3.63, 3.8) is 0 Å². The highest BCUT2D eigenvalue weighted by molar-refractivity contribution is 6.00. The van der Waals surface area contributed by atoms with E-state index in [0.29, 0.717) is 24.6 Å². The normalized spacial score (nSPS) is 11.0. The maximum atomic E-state index is 12.5. The Kier molecular flexibility index (Phi) is 5.39. The van der Waals surface area contributed by atoms with Gasteiger partial charge < -0.3 is 14.5 Å². The molecule has 0 aliphatic heterocycles. The summed E-state index contributed by atoms with van der Waals surface area (Å²) in [6.45, 7) is 5.33. The van der Waals surface area contributed by atoms with Gasteiger partial charge in [0.05, 0.1) is 19.4 Å². The number of amides is 1. The van der Waals surface area contributed by atoms with Crippen LogP contribution in [0.3, 0.4) is 0 Å². The molecule has 25 heavy (non-hydrogen) atoms. The molecule has 1 amide bonds. The first kappa shape index (κ1) is 17.1. The van der Waals surface area contributed by atoms with Gasteiger partial charge in [0.15, 0.2) is 0 Å². The second-order valence-electron chi connectivity index (χ2n) is 6.49. The molecule has 0 atom stereocenters. The van der Waals surface area contributed by atoms with Gasteiger partial charge in [-0.1, -0.05) is 38.1 Å². The fourth-order valence-electron chi connectivity index (χ4n) is 2.61. The van der Waals surface area contributed by atoms with E-state index < -0.39 is 0 Å². The quantitative estimate of drug-likeness (QED) is 0.674. The molecule has 2 aromatic carbocycles. The maximum absolute atomic E-state index is 12.5. The Balaban J connectivity index is 1.80. The Morgan fingerprint density at radius 2 is 2.00 bits per heavy atom. The zero-order valence-corrected chi connectivity index (χ0v) is 14.6. The molecule has 0 unspecified atom stereocenters. The topological polar surface area (TPSA) is 51.5 Å². The Morgan fingerprint density at radius 3 is 2.76 bits per heavy atom. The molecule has 0 bridgehead atoms. The van der Waals surface area contributed by atoms with Gasteiger partial charge in [-0.15, -0.1) is 0 Å². The fourth-order valence-corrected chi connectivity index (χ4v) is 2.61. The van der Waals surface area contributed by atoms with Crippen molar-refractivity contribution in [2.75, 3.05) is 6.61 Å². The van der Waals surface area contributed by atoms with Gasteiger partial charge in [-0.3, -0.25) is 4.79 Å². The van der Waals surface area contributed by atoms with Gasteiger partial charge in [0.2, 0.25) is 0 Å². The molecule has 0 saturated heterocycles. The van der Waals surface area contributed by atoms with Gasteiger partial charge in [-0.25, -0.2) is 0 Å². The van der Waals surface area contributed by atoms with Crippen molar-refractivity contribution >= 4 is 16.7 Å². The Hall–Kier alpha value is -2.75. The van der Waals surface area contributed by atoms with Crippen molar-refractivity contribution in [3.8, 4) is 5.75 Å². The van der Waals surface area contributed by atoms with Gasteiger partial charge in [0.25, 0.3) is 5.91 Å². The summed E-state index contributed by atoms with van der Waals surface area (Å²) in [5.41, 5.74) is 0.588. The van der Waals surface area contributed by atoms with Crippen molar-refractivity contribution < 1.29 is 13.9 Å². The highest BCUT2D eigenvalue weighted by Crippen LogP contribution is 2.28. The third-order valence-corrected chi connectivity index (χ3v) is 4.04. The highest BCUT2D eigenvalue weighted by Gasteiger charge is 2.12. The number of benzene rings is 2. The smallest absolute Gasteiger partial charge is 0.251 e. The molecular formula is C21H23NO3. The van der Waals surface area contributed by atoms with Crippen molar-refractivity contribution in [3.05, 3.63) is 66.1 Å². The second-order valence-corrected chi connectivity index (χ2v) is 6.49. The van der Waals surface area contributed by atoms with E-state index in [1.807, 2.05) is 42.5 Å². The van der Waals surface area contributed by atoms with E-state index in [1.54, 1.807) is 12.3 Å². The molecule has 0 aliphatic carbocycles. The van der Waals surface area contributed by atoms with Crippen molar-refractivity contribution in [1.29, 1.82) is 0 Å². The number of carbonyl (C=O) groups excluding carboxylic acids is 1. The number of ether oxygens (including phenoxy) is 1. The second kappa shape index (κ2) is 7.88. The molecule has 0 aliphatic rings. The van der Waals surface area contributed by atoms with E-state index in [-0.39, 0.29) is 5.91 Å². The summed E-state index contributed by atoms with van der Waals surface area (Å²) in [7, 11) is 0. The van der Waals surface area contributed by atoms with E-state index in [4.69, 9.17) is 9.15 Å². The van der Waals surface area contributed by atoms with Gasteiger partial charge in [-0.05, 0) is 42.0 Å². The van der Waals surface area contributed by atoms with Gasteiger partial charge in [-0.2, -0.15) is 0 Å². The minimum Gasteiger partial charge on any atom is -0.493 e. The minimum atomic E-state index is -0.143. The van der Waals surface area contributed by atoms with Crippen LogP contribution in [0.5, 0.6) is 5.75 Å². The highest BCUT2D eigenvalue weighted by atomic mass is 16.5. The van der Waals surface area contributed by atoms with E-state index >= 15 is 0 Å². The third kappa shape index (κ3) is 4.41. The molecule has 0 saturated carbocycles. The number of nitrogens with one attached hydrogen (secondary N) is 1. The monoisotopic (exact) mass is 337 g/mol. The van der Waals surface area contributed by atoms with E-state index in [2.05, 4.69) is 19.2 Å². The molecule has 1 N–H and O–H groups in total. The Bertz CT molecular complexity index is 837. The Labute approximate surface area is 147 Å². The molecule has 3 aromatic rings. The lowest BCUT2D eigenvalue weighted by molar-refractivity contribution is 0.0947. The van der Waals surface area contributed by atoms with Crippen LogP contribution in [0.4, 0.5) is 0 Å². The molecule has 4 nitrogen and oxygen atoms in total. The summed E-state index contributed by atoms with van der Waals surface area (Å²) in [5, 5.41) is 4.89. The summed E-state index contributed by atoms with van der Waals surface area (Å²) >= 11 is 0. The molecule has 1 heterocycles. The van der Waals surface area contributed by atoms with Crippen LogP contribution >= 0.6 is 0 Å². The summed E-state index contributed by atoms with van der Waals surface area (Å²) in [6.07, 6.45) is 2.57. The summed E-state index contributed by atoms with van der Waals surface area (Å²) in [6, 6.07) is 15.3. The Morgan fingerprint density at radius 1 is 1.16 bits per heavy atom. The average molecular weight is 337 g/mol. The first-order valence-electron chi connectivity index (χ1n) is 8.59. The molecule has 1 aromatic heterocycles. The van der Waals surface area contributed by atoms with E-state index in [9.17, 15) is 4.79 Å². The predicted molar refractivity (Wildman–Crippen MR) is 98.8 cm³/mol. The van der Waals surface area contributed by atoms with Crippen LogP contribution in [0, 0.1) is 5.92 Å². The summed E-state index contributed by atoms with van der Waals surface area (Å²) in [4.78, 5) is 12.5. The van der Waals surface area contributed by atoms with Crippen molar-refractivity contribution in [2.45, 2.75) is 26.8 Å². The summed E-state index contributed by atoms with van der Waals surface area (Å²) < 4.78 is 11.2. The van der Waals surface area contributed by atoms with Crippen LogP contribution in [0.15, 0.2) is 59.2 Å². The first-order chi connectivity index (χ1) is 12.1. The zero-order chi connectivity index (χ0) is 17.6. The molecule has 0 radical (unpaired) electrons. The largest absolute Gasteiger partial charge is 0.493 e. The van der Waals surface area contributed by atoms with Crippen LogP contribution < -0.4 is 10.1 Å². The number of hydrogen-bond donors (Lipinski definition) is 1. The number of hydrogen-bond acceptors (Lipinski definition) is 3. The first-order valence-corrected chi connectivity index (χ1v) is 8.59. The van der Waals surface area contributed by atoms with Crippen molar-refractivity contribution in [1.82, 2.24) is 5.32 Å². The number of fused-ring (bicyclic) bond motifs is 1. The van der Waals surface area contributed by atoms with E-state index in [1.165, 1.54) is 0 Å². The molecule has 0 spiro atoms. The van der Waals surface area contributed by atoms with Crippen LogP contribution in [0.2, 0.25) is 0 Å². The zero-order valence-electron chi connectivity index (χ0n) is 14.6. The van der Waals surface area contributed by atoms with E-state index in [0.717, 1.165) is 28.7 Å².